The summed E-state index contributed by atoms with van der Waals surface area (Å²) in [6, 6.07) is 8.53. The van der Waals surface area contributed by atoms with E-state index in [0.29, 0.717) is 12.5 Å². The summed E-state index contributed by atoms with van der Waals surface area (Å²) in [6.45, 7) is 0.675. The Morgan fingerprint density at radius 1 is 1.27 bits per heavy atom. The third-order valence-electron chi connectivity index (χ3n) is 5.55. The zero-order valence-electron chi connectivity index (χ0n) is 13.0. The second-order valence-corrected chi connectivity index (χ2v) is 7.72. The molecule has 0 spiro atoms. The van der Waals surface area contributed by atoms with Gasteiger partial charge in [0, 0.05) is 10.5 Å². The van der Waals surface area contributed by atoms with E-state index in [2.05, 4.69) is 33.4 Å². The lowest BCUT2D eigenvalue weighted by Crippen LogP contribution is -2.49. The Labute approximate surface area is 141 Å². The van der Waals surface area contributed by atoms with Crippen LogP contribution in [0.15, 0.2) is 28.7 Å². The minimum Gasteiger partial charge on any atom is -0.352 e. The summed E-state index contributed by atoms with van der Waals surface area (Å²) < 4.78 is 1.05. The van der Waals surface area contributed by atoms with Crippen molar-refractivity contribution in [2.75, 3.05) is 6.54 Å². The molecule has 1 aromatic rings. The number of amides is 1. The number of carbonyl (C=O) groups excluding carboxylic acids is 1. The lowest BCUT2D eigenvalue weighted by Gasteiger charge is -2.31. The van der Waals surface area contributed by atoms with Gasteiger partial charge in [0.15, 0.2) is 0 Å². The van der Waals surface area contributed by atoms with Gasteiger partial charge in [0.05, 0.1) is 5.41 Å². The number of hydrogen-bond donors (Lipinski definition) is 2. The Morgan fingerprint density at radius 2 is 2.05 bits per heavy atom. The van der Waals surface area contributed by atoms with Gasteiger partial charge in [0.25, 0.3) is 0 Å². The Balaban J connectivity index is 1.83. The third kappa shape index (κ3) is 2.95. The van der Waals surface area contributed by atoms with E-state index in [1.54, 1.807) is 0 Å². The molecule has 3 nitrogen and oxygen atoms in total. The predicted molar refractivity (Wildman–Crippen MR) is 92.6 cm³/mol. The number of rotatable bonds is 4. The quantitative estimate of drug-likeness (QED) is 0.858. The van der Waals surface area contributed by atoms with Crippen LogP contribution in [0.3, 0.4) is 0 Å². The number of nitrogens with one attached hydrogen (secondary N) is 1. The molecular formula is C18H25BrN2O. The van der Waals surface area contributed by atoms with E-state index in [-0.39, 0.29) is 17.4 Å². The summed E-state index contributed by atoms with van der Waals surface area (Å²) >= 11 is 3.54. The first-order valence-corrected chi connectivity index (χ1v) is 9.22. The smallest absolute Gasteiger partial charge is 0.230 e. The van der Waals surface area contributed by atoms with Crippen molar-refractivity contribution in [3.63, 3.8) is 0 Å². The molecule has 3 rings (SSSR count). The largest absolute Gasteiger partial charge is 0.352 e. The number of carbonyl (C=O) groups is 1. The summed E-state index contributed by atoms with van der Waals surface area (Å²) in [6.07, 6.45) is 7.56. The van der Waals surface area contributed by atoms with Crippen molar-refractivity contribution in [1.29, 1.82) is 0 Å². The molecule has 2 fully saturated rings. The fourth-order valence-electron chi connectivity index (χ4n) is 4.23. The normalized spacial score (nSPS) is 27.0. The van der Waals surface area contributed by atoms with Gasteiger partial charge in [-0.25, -0.2) is 0 Å². The molecule has 2 saturated carbocycles. The molecule has 2 aliphatic rings. The summed E-state index contributed by atoms with van der Waals surface area (Å²) in [5.74, 6) is 0.665. The van der Waals surface area contributed by atoms with Crippen LogP contribution in [0.1, 0.15) is 50.5 Å². The second-order valence-electron chi connectivity index (χ2n) is 6.81. The maximum atomic E-state index is 13.1. The van der Waals surface area contributed by atoms with Gasteiger partial charge in [-0.1, -0.05) is 47.3 Å². The Hall–Kier alpha value is -0.870. The molecule has 0 aromatic heterocycles. The summed E-state index contributed by atoms with van der Waals surface area (Å²) in [4.78, 5) is 13.1. The molecule has 2 unspecified atom stereocenters. The van der Waals surface area contributed by atoms with Crippen LogP contribution in [-0.4, -0.2) is 18.5 Å². The lowest BCUT2D eigenvalue weighted by atomic mass is 9.77. The fourth-order valence-corrected chi connectivity index (χ4v) is 4.63. The van der Waals surface area contributed by atoms with Crippen LogP contribution in [0.2, 0.25) is 0 Å². The van der Waals surface area contributed by atoms with Crippen molar-refractivity contribution in [3.8, 4) is 0 Å². The first-order valence-electron chi connectivity index (χ1n) is 8.43. The van der Waals surface area contributed by atoms with Crippen molar-refractivity contribution in [2.24, 2.45) is 11.7 Å². The van der Waals surface area contributed by atoms with Crippen molar-refractivity contribution in [3.05, 3.63) is 34.3 Å². The lowest BCUT2D eigenvalue weighted by molar-refractivity contribution is -0.127. The molecule has 1 aromatic carbocycles. The van der Waals surface area contributed by atoms with Crippen LogP contribution in [0.25, 0.3) is 0 Å². The molecule has 22 heavy (non-hydrogen) atoms. The SMILES string of the molecule is NCC1CCCC1NC(=O)C1(c2cccc(Br)c2)CCCC1. The van der Waals surface area contributed by atoms with Gasteiger partial charge < -0.3 is 11.1 Å². The Kier molecular flexibility index (Phi) is 4.88. The molecule has 0 heterocycles. The second kappa shape index (κ2) is 6.71. The zero-order valence-corrected chi connectivity index (χ0v) is 14.6. The van der Waals surface area contributed by atoms with Crippen LogP contribution in [0.4, 0.5) is 0 Å². The Morgan fingerprint density at radius 3 is 2.73 bits per heavy atom. The monoisotopic (exact) mass is 364 g/mol. The molecule has 0 saturated heterocycles. The van der Waals surface area contributed by atoms with E-state index < -0.39 is 0 Å². The van der Waals surface area contributed by atoms with E-state index >= 15 is 0 Å². The Bertz CT molecular complexity index is 540. The highest BCUT2D eigenvalue weighted by Gasteiger charge is 2.44. The van der Waals surface area contributed by atoms with Gasteiger partial charge in [-0.3, -0.25) is 4.79 Å². The highest BCUT2D eigenvalue weighted by molar-refractivity contribution is 9.10. The van der Waals surface area contributed by atoms with Gasteiger partial charge in [-0.2, -0.15) is 0 Å². The van der Waals surface area contributed by atoms with E-state index in [9.17, 15) is 4.79 Å². The van der Waals surface area contributed by atoms with Crippen LogP contribution in [0.5, 0.6) is 0 Å². The topological polar surface area (TPSA) is 55.1 Å². The van der Waals surface area contributed by atoms with Gasteiger partial charge in [0.2, 0.25) is 5.91 Å². The highest BCUT2D eigenvalue weighted by Crippen LogP contribution is 2.42. The summed E-state index contributed by atoms with van der Waals surface area (Å²) in [5.41, 5.74) is 6.67. The van der Waals surface area contributed by atoms with E-state index in [1.165, 1.54) is 6.42 Å². The van der Waals surface area contributed by atoms with Crippen LogP contribution >= 0.6 is 15.9 Å². The molecule has 2 atom stereocenters. The van der Waals surface area contributed by atoms with Crippen molar-refractivity contribution in [1.82, 2.24) is 5.32 Å². The number of halogens is 1. The molecule has 3 N–H and O–H groups in total. The molecule has 0 bridgehead atoms. The maximum absolute atomic E-state index is 13.1. The third-order valence-corrected chi connectivity index (χ3v) is 6.04. The summed E-state index contributed by atoms with van der Waals surface area (Å²) in [5, 5.41) is 3.35. The van der Waals surface area contributed by atoms with Gasteiger partial charge >= 0.3 is 0 Å². The highest BCUT2D eigenvalue weighted by atomic mass is 79.9. The minimum absolute atomic E-state index is 0.216. The molecule has 2 aliphatic carbocycles. The molecular weight excluding hydrogens is 340 g/mol. The fraction of sp³-hybridized carbons (Fsp3) is 0.611. The van der Waals surface area contributed by atoms with E-state index in [4.69, 9.17) is 5.73 Å². The van der Waals surface area contributed by atoms with E-state index in [1.807, 2.05) is 12.1 Å². The minimum atomic E-state index is -0.342. The molecule has 0 aliphatic heterocycles. The van der Waals surface area contributed by atoms with Crippen LogP contribution in [0, 0.1) is 5.92 Å². The van der Waals surface area contributed by atoms with Crippen molar-refractivity contribution >= 4 is 21.8 Å². The molecule has 0 radical (unpaired) electrons. The predicted octanol–water partition coefficient (Wildman–Crippen LogP) is 3.50. The number of nitrogens with two attached hydrogens (primary N) is 1. The van der Waals surface area contributed by atoms with Crippen molar-refractivity contribution in [2.45, 2.75) is 56.4 Å². The van der Waals surface area contributed by atoms with Gasteiger partial charge in [0.1, 0.15) is 0 Å². The zero-order chi connectivity index (χ0) is 15.6. The summed E-state index contributed by atoms with van der Waals surface area (Å²) in [7, 11) is 0. The number of hydrogen-bond acceptors (Lipinski definition) is 2. The average molecular weight is 365 g/mol. The molecule has 4 heteroatoms. The van der Waals surface area contributed by atoms with E-state index in [0.717, 1.165) is 48.6 Å². The average Bonchev–Trinajstić information content (AvgIpc) is 3.16. The first kappa shape index (κ1) is 16.0. The van der Waals surface area contributed by atoms with Crippen molar-refractivity contribution < 1.29 is 4.79 Å². The first-order chi connectivity index (χ1) is 10.7. The standard InChI is InChI=1S/C18H25BrN2O/c19-15-7-4-6-14(11-15)18(9-1-2-10-18)17(22)21-16-8-3-5-13(16)12-20/h4,6-7,11,13,16H,1-3,5,8-10,12,20H2,(H,21,22). The van der Waals surface area contributed by atoms with Crippen LogP contribution in [-0.2, 0) is 10.2 Å². The maximum Gasteiger partial charge on any atom is 0.230 e. The number of benzene rings is 1. The molecule has 1 amide bonds. The van der Waals surface area contributed by atoms with Gasteiger partial charge in [-0.15, -0.1) is 0 Å². The van der Waals surface area contributed by atoms with Crippen LogP contribution < -0.4 is 11.1 Å². The van der Waals surface area contributed by atoms with Gasteiger partial charge in [-0.05, 0) is 55.8 Å². The molecule has 120 valence electrons.